The molecule has 0 saturated carbocycles. The molecule has 0 saturated heterocycles. The first-order valence-electron chi connectivity index (χ1n) is 11.2. The van der Waals surface area contributed by atoms with Gasteiger partial charge in [0.1, 0.15) is 10.8 Å². The van der Waals surface area contributed by atoms with Crippen LogP contribution < -0.4 is 14.2 Å². The van der Waals surface area contributed by atoms with Gasteiger partial charge in [0.2, 0.25) is 6.79 Å². The van der Waals surface area contributed by atoms with Gasteiger partial charge in [-0.1, -0.05) is 25.6 Å². The molecule has 0 aliphatic carbocycles. The highest BCUT2D eigenvalue weighted by Gasteiger charge is 2.17. The molecule has 0 bridgehead atoms. The average molecular weight is 495 g/mol. The second-order valence-electron chi connectivity index (χ2n) is 8.28. The lowest BCUT2D eigenvalue weighted by atomic mass is 10.2. The van der Waals surface area contributed by atoms with Crippen molar-refractivity contribution in [1.29, 1.82) is 0 Å². The zero-order valence-electron chi connectivity index (χ0n) is 19.4. The zero-order valence-corrected chi connectivity index (χ0v) is 21.0. The molecule has 0 unspecified atom stereocenters. The largest absolute Gasteiger partial charge is 0.493 e. The number of ether oxygens (including phenoxy) is 3. The maximum atomic E-state index is 5.80. The molecule has 0 radical (unpaired) electrons. The molecule has 7 nitrogen and oxygen atoms in total. The van der Waals surface area contributed by atoms with Crippen LogP contribution in [0.1, 0.15) is 26.5 Å². The van der Waals surface area contributed by atoms with Crippen LogP contribution in [0.5, 0.6) is 17.2 Å². The first-order chi connectivity index (χ1) is 16.6. The van der Waals surface area contributed by atoms with E-state index >= 15 is 0 Å². The maximum absolute atomic E-state index is 5.80. The van der Waals surface area contributed by atoms with Gasteiger partial charge in [0, 0.05) is 28.8 Å². The van der Waals surface area contributed by atoms with Crippen LogP contribution in [0, 0.1) is 5.92 Å². The molecule has 2 aromatic heterocycles. The molecule has 1 aliphatic heterocycles. The predicted octanol–water partition coefficient (Wildman–Crippen LogP) is 6.14. The smallest absolute Gasteiger partial charge is 0.231 e. The lowest BCUT2D eigenvalue weighted by molar-refractivity contribution is 0.174. The fourth-order valence-corrected chi connectivity index (χ4v) is 5.35. The standard InChI is InChI=1S/C25H26N4O3S2/c1-4-29-23(17-5-8-20(9-6-17)30-12-16(2)3)27-28-25(29)34-14-19-13-33-24(26-19)18-7-10-21-22(11-18)32-15-31-21/h5-11,13,16H,4,12,14-15H2,1-3H3. The summed E-state index contributed by atoms with van der Waals surface area (Å²) in [6, 6.07) is 14.0. The minimum Gasteiger partial charge on any atom is -0.493 e. The third-order valence-corrected chi connectivity index (χ3v) is 7.19. The van der Waals surface area contributed by atoms with E-state index in [2.05, 4.69) is 40.9 Å². The van der Waals surface area contributed by atoms with Crippen LogP contribution in [-0.4, -0.2) is 33.1 Å². The molecular formula is C25H26N4O3S2. The molecule has 176 valence electrons. The Morgan fingerprint density at radius 1 is 1.06 bits per heavy atom. The van der Waals surface area contributed by atoms with Gasteiger partial charge in [-0.25, -0.2) is 4.98 Å². The molecule has 9 heteroatoms. The Bertz CT molecular complexity index is 1270. The Hall–Kier alpha value is -3.04. The molecule has 4 aromatic rings. The Labute approximate surface area is 207 Å². The van der Waals surface area contributed by atoms with Gasteiger partial charge in [0.25, 0.3) is 0 Å². The summed E-state index contributed by atoms with van der Waals surface area (Å²) in [4.78, 5) is 4.81. The van der Waals surface area contributed by atoms with Crippen LogP contribution in [0.15, 0.2) is 53.0 Å². The van der Waals surface area contributed by atoms with Gasteiger partial charge in [-0.2, -0.15) is 0 Å². The number of hydrogen-bond acceptors (Lipinski definition) is 8. The summed E-state index contributed by atoms with van der Waals surface area (Å²) in [5.41, 5.74) is 3.07. The fourth-order valence-electron chi connectivity index (χ4n) is 3.53. The normalized spacial score (nSPS) is 12.5. The highest BCUT2D eigenvalue weighted by atomic mass is 32.2. The van der Waals surface area contributed by atoms with Gasteiger partial charge in [-0.15, -0.1) is 21.5 Å². The van der Waals surface area contributed by atoms with Crippen LogP contribution >= 0.6 is 23.1 Å². The minimum absolute atomic E-state index is 0.273. The SMILES string of the molecule is CCn1c(SCc2csc(-c3ccc4c(c3)OCO4)n2)nnc1-c1ccc(OCC(C)C)cc1. The summed E-state index contributed by atoms with van der Waals surface area (Å²) in [6.07, 6.45) is 0. The number of aromatic nitrogens is 4. The van der Waals surface area contributed by atoms with E-state index in [9.17, 15) is 0 Å². The molecule has 0 spiro atoms. The van der Waals surface area contributed by atoms with Crippen molar-refractivity contribution >= 4 is 23.1 Å². The van der Waals surface area contributed by atoms with Crippen molar-refractivity contribution in [2.45, 2.75) is 38.2 Å². The maximum Gasteiger partial charge on any atom is 0.231 e. The van der Waals surface area contributed by atoms with Gasteiger partial charge < -0.3 is 18.8 Å². The summed E-state index contributed by atoms with van der Waals surface area (Å²) in [7, 11) is 0. The number of thiazole rings is 1. The summed E-state index contributed by atoms with van der Waals surface area (Å²) in [5.74, 6) is 4.50. The quantitative estimate of drug-likeness (QED) is 0.259. The van der Waals surface area contributed by atoms with Gasteiger partial charge in [-0.05, 0) is 55.3 Å². The molecule has 1 aliphatic rings. The Kier molecular flexibility index (Phi) is 6.73. The van der Waals surface area contributed by atoms with E-state index in [1.54, 1.807) is 23.1 Å². The number of nitrogens with zero attached hydrogens (tertiary/aromatic N) is 4. The summed E-state index contributed by atoms with van der Waals surface area (Å²) in [5, 5.41) is 12.9. The van der Waals surface area contributed by atoms with Crippen LogP contribution in [0.4, 0.5) is 0 Å². The Morgan fingerprint density at radius 2 is 1.85 bits per heavy atom. The first kappa shape index (κ1) is 22.7. The molecule has 0 atom stereocenters. The summed E-state index contributed by atoms with van der Waals surface area (Å²) in [6.45, 7) is 8.16. The summed E-state index contributed by atoms with van der Waals surface area (Å²) >= 11 is 3.27. The monoisotopic (exact) mass is 494 g/mol. The van der Waals surface area contributed by atoms with Crippen molar-refractivity contribution in [3.63, 3.8) is 0 Å². The molecule has 0 amide bonds. The highest BCUT2D eigenvalue weighted by Crippen LogP contribution is 2.37. The number of rotatable bonds is 9. The van der Waals surface area contributed by atoms with Gasteiger partial charge >= 0.3 is 0 Å². The number of hydrogen-bond donors (Lipinski definition) is 0. The van der Waals surface area contributed by atoms with Crippen molar-refractivity contribution in [1.82, 2.24) is 19.7 Å². The highest BCUT2D eigenvalue weighted by molar-refractivity contribution is 7.98. The van der Waals surface area contributed by atoms with E-state index in [-0.39, 0.29) is 6.79 Å². The summed E-state index contributed by atoms with van der Waals surface area (Å²) < 4.78 is 18.8. The van der Waals surface area contributed by atoms with Crippen molar-refractivity contribution in [3.05, 3.63) is 53.5 Å². The van der Waals surface area contributed by atoms with Crippen LogP contribution in [0.25, 0.3) is 22.0 Å². The topological polar surface area (TPSA) is 71.3 Å². The molecule has 0 fully saturated rings. The van der Waals surface area contributed by atoms with E-state index in [0.717, 1.165) is 62.4 Å². The Balaban J connectivity index is 1.26. The molecule has 0 N–H and O–H groups in total. The predicted molar refractivity (Wildman–Crippen MR) is 135 cm³/mol. The number of thioether (sulfide) groups is 1. The molecule has 3 heterocycles. The fraction of sp³-hybridized carbons (Fsp3) is 0.320. The third kappa shape index (κ3) is 4.90. The van der Waals surface area contributed by atoms with Crippen LogP contribution in [0.2, 0.25) is 0 Å². The van der Waals surface area contributed by atoms with Crippen molar-refractivity contribution in [2.24, 2.45) is 5.92 Å². The minimum atomic E-state index is 0.273. The van der Waals surface area contributed by atoms with Gasteiger partial charge in [0.15, 0.2) is 22.5 Å². The second kappa shape index (κ2) is 10.1. The van der Waals surface area contributed by atoms with Crippen molar-refractivity contribution in [3.8, 4) is 39.2 Å². The number of fused-ring (bicyclic) bond motifs is 1. The van der Waals surface area contributed by atoms with Crippen molar-refractivity contribution < 1.29 is 14.2 Å². The van der Waals surface area contributed by atoms with Crippen LogP contribution in [0.3, 0.4) is 0 Å². The van der Waals surface area contributed by atoms with E-state index in [1.807, 2.05) is 42.5 Å². The Morgan fingerprint density at radius 3 is 2.65 bits per heavy atom. The van der Waals surface area contributed by atoms with Gasteiger partial charge in [-0.3, -0.25) is 0 Å². The van der Waals surface area contributed by atoms with E-state index in [1.165, 1.54) is 0 Å². The average Bonchev–Trinajstić information content (AvgIpc) is 3.60. The molecule has 2 aromatic carbocycles. The zero-order chi connectivity index (χ0) is 23.5. The van der Waals surface area contributed by atoms with Crippen LogP contribution in [-0.2, 0) is 12.3 Å². The number of benzene rings is 2. The van der Waals surface area contributed by atoms with E-state index in [0.29, 0.717) is 12.5 Å². The third-order valence-electron chi connectivity index (χ3n) is 5.25. The second-order valence-corrected chi connectivity index (χ2v) is 10.1. The van der Waals surface area contributed by atoms with Gasteiger partial charge in [0.05, 0.1) is 12.3 Å². The molecule has 5 rings (SSSR count). The van der Waals surface area contributed by atoms with Crippen molar-refractivity contribution in [2.75, 3.05) is 13.4 Å². The molecular weight excluding hydrogens is 468 g/mol. The molecule has 34 heavy (non-hydrogen) atoms. The van der Waals surface area contributed by atoms with E-state index in [4.69, 9.17) is 19.2 Å². The van der Waals surface area contributed by atoms with E-state index < -0.39 is 0 Å². The lowest BCUT2D eigenvalue weighted by Gasteiger charge is -2.10. The first-order valence-corrected chi connectivity index (χ1v) is 13.1. The lowest BCUT2D eigenvalue weighted by Crippen LogP contribution is -2.04.